The van der Waals surface area contributed by atoms with E-state index in [9.17, 15) is 4.79 Å². The predicted octanol–water partition coefficient (Wildman–Crippen LogP) is 4.70. The third kappa shape index (κ3) is 7.05. The standard InChI is InChI=1S/C21H28N2O3/c1-3-4-5-6-14-26-20-9-7-8-18(15-20)23-21(24)16-22-17-10-12-19(25-2)13-11-17/h7-13,15,22H,3-6,14,16H2,1-2H3,(H,23,24). The molecule has 0 bridgehead atoms. The minimum atomic E-state index is -0.110. The molecule has 0 aliphatic heterocycles. The van der Waals surface area contributed by atoms with Crippen LogP contribution >= 0.6 is 0 Å². The summed E-state index contributed by atoms with van der Waals surface area (Å²) in [5, 5.41) is 5.97. The van der Waals surface area contributed by atoms with Gasteiger partial charge in [-0.05, 0) is 42.8 Å². The second-order valence-corrected chi connectivity index (χ2v) is 6.07. The molecule has 5 nitrogen and oxygen atoms in total. The van der Waals surface area contributed by atoms with E-state index in [0.29, 0.717) is 6.61 Å². The molecule has 0 fully saturated rings. The number of methoxy groups -OCH3 is 1. The Bertz CT molecular complexity index is 671. The number of amides is 1. The number of unbranched alkanes of at least 4 members (excludes halogenated alkanes) is 3. The minimum absolute atomic E-state index is 0.110. The first-order valence-corrected chi connectivity index (χ1v) is 9.12. The van der Waals surface area contributed by atoms with Crippen molar-refractivity contribution in [3.8, 4) is 11.5 Å². The smallest absolute Gasteiger partial charge is 0.243 e. The van der Waals surface area contributed by atoms with Crippen molar-refractivity contribution in [2.24, 2.45) is 0 Å². The Balaban J connectivity index is 1.76. The number of carbonyl (C=O) groups excluding carboxylic acids is 1. The van der Waals surface area contributed by atoms with E-state index in [2.05, 4.69) is 17.6 Å². The number of rotatable bonds is 11. The molecule has 0 spiro atoms. The molecule has 2 aromatic carbocycles. The molecule has 0 aliphatic rings. The van der Waals surface area contributed by atoms with E-state index in [1.165, 1.54) is 19.3 Å². The molecule has 5 heteroatoms. The van der Waals surface area contributed by atoms with Gasteiger partial charge in [0.2, 0.25) is 5.91 Å². The predicted molar refractivity (Wildman–Crippen MR) is 106 cm³/mol. The van der Waals surface area contributed by atoms with Crippen LogP contribution in [0.1, 0.15) is 32.6 Å². The molecule has 1 amide bonds. The van der Waals surface area contributed by atoms with Crippen LogP contribution in [0.5, 0.6) is 11.5 Å². The third-order valence-corrected chi connectivity index (χ3v) is 3.93. The number of anilines is 2. The van der Waals surface area contributed by atoms with Crippen LogP contribution in [0.4, 0.5) is 11.4 Å². The lowest BCUT2D eigenvalue weighted by molar-refractivity contribution is -0.114. The van der Waals surface area contributed by atoms with Gasteiger partial charge < -0.3 is 20.1 Å². The highest BCUT2D eigenvalue weighted by molar-refractivity contribution is 5.93. The topological polar surface area (TPSA) is 59.6 Å². The summed E-state index contributed by atoms with van der Waals surface area (Å²) in [5.74, 6) is 1.45. The summed E-state index contributed by atoms with van der Waals surface area (Å²) in [7, 11) is 1.62. The van der Waals surface area contributed by atoms with E-state index in [1.807, 2.05) is 48.5 Å². The lowest BCUT2D eigenvalue weighted by Crippen LogP contribution is -2.21. The van der Waals surface area contributed by atoms with E-state index < -0.39 is 0 Å². The summed E-state index contributed by atoms with van der Waals surface area (Å²) < 4.78 is 10.9. The van der Waals surface area contributed by atoms with Crippen LogP contribution in [0.15, 0.2) is 48.5 Å². The van der Waals surface area contributed by atoms with Crippen LogP contribution in [-0.4, -0.2) is 26.2 Å². The molecule has 2 aromatic rings. The number of carbonyl (C=O) groups is 1. The summed E-state index contributed by atoms with van der Waals surface area (Å²) >= 11 is 0. The zero-order valence-corrected chi connectivity index (χ0v) is 15.6. The molecule has 140 valence electrons. The molecule has 0 saturated carbocycles. The van der Waals surface area contributed by atoms with Gasteiger partial charge in [0.1, 0.15) is 11.5 Å². The van der Waals surface area contributed by atoms with Crippen molar-refractivity contribution in [3.05, 3.63) is 48.5 Å². The summed E-state index contributed by atoms with van der Waals surface area (Å²) in [4.78, 5) is 12.1. The quantitative estimate of drug-likeness (QED) is 0.573. The number of hydrogen-bond donors (Lipinski definition) is 2. The van der Waals surface area contributed by atoms with E-state index >= 15 is 0 Å². The second-order valence-electron chi connectivity index (χ2n) is 6.07. The highest BCUT2D eigenvalue weighted by atomic mass is 16.5. The number of ether oxygens (including phenoxy) is 2. The minimum Gasteiger partial charge on any atom is -0.497 e. The third-order valence-electron chi connectivity index (χ3n) is 3.93. The normalized spacial score (nSPS) is 10.2. The Kier molecular flexibility index (Phi) is 8.33. The molecule has 0 aromatic heterocycles. The van der Waals surface area contributed by atoms with Gasteiger partial charge in [-0.3, -0.25) is 4.79 Å². The first-order valence-electron chi connectivity index (χ1n) is 9.12. The number of nitrogens with one attached hydrogen (secondary N) is 2. The summed E-state index contributed by atoms with van der Waals surface area (Å²) in [6.45, 7) is 3.08. The van der Waals surface area contributed by atoms with Crippen LogP contribution < -0.4 is 20.1 Å². The van der Waals surface area contributed by atoms with E-state index in [-0.39, 0.29) is 12.5 Å². The zero-order chi connectivity index (χ0) is 18.6. The van der Waals surface area contributed by atoms with E-state index in [4.69, 9.17) is 9.47 Å². The van der Waals surface area contributed by atoms with Gasteiger partial charge in [-0.2, -0.15) is 0 Å². The van der Waals surface area contributed by atoms with E-state index in [0.717, 1.165) is 29.3 Å². The van der Waals surface area contributed by atoms with Crippen molar-refractivity contribution in [1.29, 1.82) is 0 Å². The molecular weight excluding hydrogens is 328 g/mol. The molecule has 0 radical (unpaired) electrons. The van der Waals surface area contributed by atoms with Crippen LogP contribution in [0.3, 0.4) is 0 Å². The van der Waals surface area contributed by atoms with Gasteiger partial charge in [0.25, 0.3) is 0 Å². The number of benzene rings is 2. The fourth-order valence-electron chi connectivity index (χ4n) is 2.48. The largest absolute Gasteiger partial charge is 0.497 e. The van der Waals surface area contributed by atoms with Gasteiger partial charge in [0.05, 0.1) is 20.3 Å². The SMILES string of the molecule is CCCCCCOc1cccc(NC(=O)CNc2ccc(OC)cc2)c1. The van der Waals surface area contributed by atoms with Crippen molar-refractivity contribution in [2.75, 3.05) is 30.9 Å². The molecule has 0 unspecified atom stereocenters. The zero-order valence-electron chi connectivity index (χ0n) is 15.6. The van der Waals surface area contributed by atoms with Crippen LogP contribution in [0.2, 0.25) is 0 Å². The van der Waals surface area contributed by atoms with Crippen molar-refractivity contribution in [2.45, 2.75) is 32.6 Å². The fraction of sp³-hybridized carbons (Fsp3) is 0.381. The monoisotopic (exact) mass is 356 g/mol. The van der Waals surface area contributed by atoms with Crippen molar-refractivity contribution >= 4 is 17.3 Å². The van der Waals surface area contributed by atoms with Gasteiger partial charge in [-0.25, -0.2) is 0 Å². The second kappa shape index (κ2) is 11.0. The maximum Gasteiger partial charge on any atom is 0.243 e. The maximum atomic E-state index is 12.1. The van der Waals surface area contributed by atoms with Crippen molar-refractivity contribution < 1.29 is 14.3 Å². The van der Waals surface area contributed by atoms with Crippen LogP contribution in [-0.2, 0) is 4.79 Å². The highest BCUT2D eigenvalue weighted by Crippen LogP contribution is 2.18. The molecule has 0 aliphatic carbocycles. The molecule has 0 saturated heterocycles. The highest BCUT2D eigenvalue weighted by Gasteiger charge is 2.04. The molecule has 26 heavy (non-hydrogen) atoms. The Labute approximate surface area is 155 Å². The molecular formula is C21H28N2O3. The van der Waals surface area contributed by atoms with Gasteiger partial charge >= 0.3 is 0 Å². The van der Waals surface area contributed by atoms with Gasteiger partial charge in [-0.15, -0.1) is 0 Å². The average Bonchev–Trinajstić information content (AvgIpc) is 2.67. The van der Waals surface area contributed by atoms with Crippen LogP contribution in [0, 0.1) is 0 Å². The van der Waals surface area contributed by atoms with Gasteiger partial charge in [0, 0.05) is 17.4 Å². The lowest BCUT2D eigenvalue weighted by Gasteiger charge is -2.10. The maximum absolute atomic E-state index is 12.1. The first kappa shape index (κ1) is 19.6. The molecule has 2 rings (SSSR count). The Morgan fingerprint density at radius 1 is 0.962 bits per heavy atom. The lowest BCUT2D eigenvalue weighted by atomic mass is 10.2. The molecule has 0 atom stereocenters. The Hall–Kier alpha value is -2.69. The molecule has 2 N–H and O–H groups in total. The van der Waals surface area contributed by atoms with E-state index in [1.54, 1.807) is 7.11 Å². The van der Waals surface area contributed by atoms with Crippen LogP contribution in [0.25, 0.3) is 0 Å². The molecule has 0 heterocycles. The van der Waals surface area contributed by atoms with Crippen molar-refractivity contribution in [3.63, 3.8) is 0 Å². The van der Waals surface area contributed by atoms with Gasteiger partial charge in [-0.1, -0.05) is 32.3 Å². The summed E-state index contributed by atoms with van der Waals surface area (Å²) in [6.07, 6.45) is 4.69. The average molecular weight is 356 g/mol. The number of hydrogen-bond acceptors (Lipinski definition) is 4. The van der Waals surface area contributed by atoms with Gasteiger partial charge in [0.15, 0.2) is 0 Å². The summed E-state index contributed by atoms with van der Waals surface area (Å²) in [6, 6.07) is 14.9. The van der Waals surface area contributed by atoms with Crippen molar-refractivity contribution in [1.82, 2.24) is 0 Å². The Morgan fingerprint density at radius 2 is 1.77 bits per heavy atom. The summed E-state index contributed by atoms with van der Waals surface area (Å²) in [5.41, 5.74) is 1.60. The fourth-order valence-corrected chi connectivity index (χ4v) is 2.48. The first-order chi connectivity index (χ1) is 12.7. The Morgan fingerprint density at radius 3 is 2.50 bits per heavy atom.